The summed E-state index contributed by atoms with van der Waals surface area (Å²) >= 11 is 0. The molecule has 3 nitrogen and oxygen atoms in total. The van der Waals surface area contributed by atoms with Gasteiger partial charge in [-0.15, -0.1) is 5.56 Å². The number of carbonyl (C=O) groups is 1. The molecule has 0 aromatic heterocycles. The molecule has 1 aromatic rings. The number of benzene rings is 1. The van der Waals surface area contributed by atoms with Crippen molar-refractivity contribution in [3.05, 3.63) is 35.4 Å². The number of hydrogen-bond donors (Lipinski definition) is 0. The van der Waals surface area contributed by atoms with Crippen LogP contribution in [0.2, 0.25) is 0 Å². The van der Waals surface area contributed by atoms with E-state index in [1.807, 2.05) is 52.8 Å². The van der Waals surface area contributed by atoms with Crippen LogP contribution in [0, 0.1) is 18.9 Å². The number of cyclic esters (lactones) is 1. The Balaban J connectivity index is 0.00000200. The van der Waals surface area contributed by atoms with E-state index in [1.165, 1.54) is 0 Å². The summed E-state index contributed by atoms with van der Waals surface area (Å²) in [6.45, 7) is 9.83. The van der Waals surface area contributed by atoms with Crippen molar-refractivity contribution in [1.82, 2.24) is 0 Å². The summed E-state index contributed by atoms with van der Waals surface area (Å²) in [6.07, 6.45) is 0. The molecule has 0 fully saturated rings. The second kappa shape index (κ2) is 6.49. The molecule has 105 valence electrons. The van der Waals surface area contributed by atoms with Gasteiger partial charge in [-0.2, -0.15) is 29.8 Å². The summed E-state index contributed by atoms with van der Waals surface area (Å²) in [5, 5.41) is 0. The van der Waals surface area contributed by atoms with Crippen molar-refractivity contribution in [1.29, 1.82) is 0 Å². The average Bonchev–Trinajstić information content (AvgIpc) is 2.67. The average molecular weight is 347 g/mol. The number of nitrogens with zero attached hydrogens (tertiary/aromatic N) is 1. The standard InChI is InChI=1S/C16H20NO2.Y/c1-10(2)16(5)15(18)19-14(17-16)12(4)13-9-7-6-8-11(13)3;/h6-8,10,12H,1-5H3;/q-1;. The van der Waals surface area contributed by atoms with Crippen molar-refractivity contribution in [3.8, 4) is 0 Å². The molecule has 1 aliphatic heterocycles. The van der Waals surface area contributed by atoms with Gasteiger partial charge in [-0.05, 0) is 12.8 Å². The van der Waals surface area contributed by atoms with Gasteiger partial charge in [0, 0.05) is 38.6 Å². The first-order valence-corrected chi connectivity index (χ1v) is 6.65. The van der Waals surface area contributed by atoms with Crippen LogP contribution in [0.5, 0.6) is 0 Å². The minimum absolute atomic E-state index is 0. The normalized spacial score (nSPS) is 23.1. The van der Waals surface area contributed by atoms with Crippen LogP contribution < -0.4 is 0 Å². The predicted molar refractivity (Wildman–Crippen MR) is 75.2 cm³/mol. The third-order valence-electron chi connectivity index (χ3n) is 3.99. The summed E-state index contributed by atoms with van der Waals surface area (Å²) in [5.41, 5.74) is 1.40. The molecule has 0 saturated heterocycles. The maximum absolute atomic E-state index is 12.0. The molecule has 2 atom stereocenters. The van der Waals surface area contributed by atoms with Crippen molar-refractivity contribution in [2.75, 3.05) is 0 Å². The minimum atomic E-state index is -0.758. The molecule has 0 bridgehead atoms. The Hall–Kier alpha value is -0.536. The van der Waals surface area contributed by atoms with E-state index in [0.29, 0.717) is 5.90 Å². The van der Waals surface area contributed by atoms with Crippen LogP contribution in [0.15, 0.2) is 23.2 Å². The molecule has 1 aromatic carbocycles. The molecule has 1 radical (unpaired) electrons. The summed E-state index contributed by atoms with van der Waals surface area (Å²) in [6, 6.07) is 9.07. The molecule has 0 amide bonds. The zero-order valence-corrected chi connectivity index (χ0v) is 15.6. The van der Waals surface area contributed by atoms with Gasteiger partial charge in [-0.3, -0.25) is 0 Å². The zero-order chi connectivity index (χ0) is 14.2. The Kier molecular flexibility index (Phi) is 5.68. The van der Waals surface area contributed by atoms with Crippen LogP contribution >= 0.6 is 0 Å². The Morgan fingerprint density at radius 2 is 2.00 bits per heavy atom. The van der Waals surface area contributed by atoms with Gasteiger partial charge in [0.25, 0.3) is 0 Å². The fourth-order valence-corrected chi connectivity index (χ4v) is 2.17. The number of carbonyl (C=O) groups excluding carboxylic acids is 1. The Morgan fingerprint density at radius 1 is 1.35 bits per heavy atom. The molecule has 1 aliphatic rings. The Bertz CT molecular complexity index is 539. The second-order valence-corrected chi connectivity index (χ2v) is 5.63. The van der Waals surface area contributed by atoms with E-state index in [9.17, 15) is 4.79 Å². The Morgan fingerprint density at radius 3 is 2.50 bits per heavy atom. The second-order valence-electron chi connectivity index (χ2n) is 5.63. The number of rotatable bonds is 3. The molecular formula is C16H20NO2Y-. The van der Waals surface area contributed by atoms with Crippen LogP contribution in [0.4, 0.5) is 0 Å². The molecule has 0 spiro atoms. The number of aryl methyl sites for hydroxylation is 1. The van der Waals surface area contributed by atoms with Crippen molar-refractivity contribution < 1.29 is 42.2 Å². The molecule has 0 saturated carbocycles. The quantitative estimate of drug-likeness (QED) is 0.622. The third kappa shape index (κ3) is 3.04. The summed E-state index contributed by atoms with van der Waals surface area (Å²) < 4.78 is 5.40. The van der Waals surface area contributed by atoms with Gasteiger partial charge in [0.15, 0.2) is 11.4 Å². The fourth-order valence-electron chi connectivity index (χ4n) is 2.17. The first kappa shape index (κ1) is 17.5. The molecule has 1 heterocycles. The first-order valence-electron chi connectivity index (χ1n) is 6.65. The zero-order valence-electron chi connectivity index (χ0n) is 12.7. The maximum Gasteiger partial charge on any atom is 0.340 e. The van der Waals surface area contributed by atoms with Crippen LogP contribution in [-0.2, 0) is 42.2 Å². The van der Waals surface area contributed by atoms with Crippen LogP contribution in [-0.4, -0.2) is 17.4 Å². The van der Waals surface area contributed by atoms with Gasteiger partial charge in [0.2, 0.25) is 0 Å². The summed E-state index contributed by atoms with van der Waals surface area (Å²) in [5.74, 6) is 0.320. The smallest absolute Gasteiger partial charge is 0.340 e. The number of hydrogen-bond acceptors (Lipinski definition) is 3. The summed E-state index contributed by atoms with van der Waals surface area (Å²) in [4.78, 5) is 16.6. The fraction of sp³-hybridized carbons (Fsp3) is 0.500. The van der Waals surface area contributed by atoms with Crippen LogP contribution in [0.3, 0.4) is 0 Å². The first-order chi connectivity index (χ1) is 8.86. The van der Waals surface area contributed by atoms with E-state index >= 15 is 0 Å². The van der Waals surface area contributed by atoms with Gasteiger partial charge < -0.3 is 4.74 Å². The molecule has 2 rings (SSSR count). The van der Waals surface area contributed by atoms with Gasteiger partial charge in [-0.1, -0.05) is 27.7 Å². The molecular weight excluding hydrogens is 327 g/mol. The third-order valence-corrected chi connectivity index (χ3v) is 3.99. The number of aliphatic imine (C=N–C) groups is 1. The van der Waals surface area contributed by atoms with Gasteiger partial charge in [-0.25, -0.2) is 9.79 Å². The van der Waals surface area contributed by atoms with Gasteiger partial charge in [0.1, 0.15) is 0 Å². The molecule has 4 heteroatoms. The van der Waals surface area contributed by atoms with E-state index in [-0.39, 0.29) is 50.5 Å². The van der Waals surface area contributed by atoms with Crippen molar-refractivity contribution in [2.24, 2.45) is 10.9 Å². The van der Waals surface area contributed by atoms with E-state index in [2.05, 4.69) is 11.1 Å². The van der Waals surface area contributed by atoms with Crippen molar-refractivity contribution >= 4 is 11.9 Å². The molecule has 2 unspecified atom stereocenters. The number of ether oxygens (including phenoxy) is 1. The molecule has 0 N–H and O–H groups in total. The largest absolute Gasteiger partial charge is 0.410 e. The van der Waals surface area contributed by atoms with Crippen molar-refractivity contribution in [3.63, 3.8) is 0 Å². The summed E-state index contributed by atoms with van der Waals surface area (Å²) in [7, 11) is 0. The van der Waals surface area contributed by atoms with E-state index in [1.54, 1.807) is 0 Å². The van der Waals surface area contributed by atoms with Gasteiger partial charge >= 0.3 is 5.97 Å². The van der Waals surface area contributed by atoms with Gasteiger partial charge in [0.05, 0.1) is 0 Å². The minimum Gasteiger partial charge on any atom is -0.410 e. The Labute approximate surface area is 146 Å². The van der Waals surface area contributed by atoms with E-state index < -0.39 is 5.54 Å². The molecule has 20 heavy (non-hydrogen) atoms. The maximum atomic E-state index is 12.0. The van der Waals surface area contributed by atoms with E-state index in [4.69, 9.17) is 4.74 Å². The van der Waals surface area contributed by atoms with Crippen molar-refractivity contribution in [2.45, 2.75) is 46.1 Å². The SMILES string of the molecule is Cc1ccc[c-]c1C(C)C1=NC(C)(C(C)C)C(=O)O1.[Y]. The topological polar surface area (TPSA) is 38.7 Å². The number of esters is 1. The van der Waals surface area contributed by atoms with Crippen LogP contribution in [0.25, 0.3) is 0 Å². The molecule has 0 aliphatic carbocycles. The van der Waals surface area contributed by atoms with E-state index in [0.717, 1.165) is 11.1 Å². The van der Waals surface area contributed by atoms with Crippen LogP contribution in [0.1, 0.15) is 44.7 Å². The monoisotopic (exact) mass is 347 g/mol. The predicted octanol–water partition coefficient (Wildman–Crippen LogP) is 3.27.